The van der Waals surface area contributed by atoms with Crippen LogP contribution in [0, 0.1) is 20.2 Å². The number of fused-ring (bicyclic) bond motifs is 1. The van der Waals surface area contributed by atoms with Crippen LogP contribution in [0.3, 0.4) is 0 Å². The summed E-state index contributed by atoms with van der Waals surface area (Å²) in [6.45, 7) is 2.13. The summed E-state index contributed by atoms with van der Waals surface area (Å²) in [4.78, 5) is 37.2. The number of unbranched alkanes of at least 4 members (excludes halogenated alkanes) is 1. The van der Waals surface area contributed by atoms with Gasteiger partial charge in [-0.15, -0.1) is 0 Å². The number of amides is 1. The predicted molar refractivity (Wildman–Crippen MR) is 122 cm³/mol. The highest BCUT2D eigenvalue weighted by molar-refractivity contribution is 7.80. The lowest BCUT2D eigenvalue weighted by atomic mass is 10.1. The number of aromatic nitrogens is 1. The Balaban J connectivity index is 1.72. The van der Waals surface area contributed by atoms with Gasteiger partial charge < -0.3 is 5.32 Å². The Morgan fingerprint density at radius 3 is 2.42 bits per heavy atom. The monoisotopic (exact) mass is 459 g/mol. The number of nitro benzene ring substituents is 2. The van der Waals surface area contributed by atoms with Gasteiger partial charge in [0.2, 0.25) is 0 Å². The summed E-state index contributed by atoms with van der Waals surface area (Å²) in [5, 5.41) is 27.5. The van der Waals surface area contributed by atoms with Gasteiger partial charge in [-0.1, -0.05) is 30.7 Å². The largest absolute Gasteiger partial charge is 0.308 e. The van der Waals surface area contributed by atoms with Crippen LogP contribution in [0.1, 0.15) is 35.7 Å². The number of anilines is 1. The van der Waals surface area contributed by atoms with E-state index in [9.17, 15) is 25.0 Å². The van der Waals surface area contributed by atoms with Gasteiger partial charge >= 0.3 is 0 Å². The third kappa shape index (κ3) is 5.55. The zero-order valence-corrected chi connectivity index (χ0v) is 17.9. The molecule has 0 unspecified atom stereocenters. The molecule has 12 heteroatoms. The van der Waals surface area contributed by atoms with Crippen LogP contribution < -0.4 is 10.6 Å². The van der Waals surface area contributed by atoms with Crippen LogP contribution in [0.25, 0.3) is 10.2 Å². The van der Waals surface area contributed by atoms with Gasteiger partial charge in [-0.3, -0.25) is 30.3 Å². The summed E-state index contributed by atoms with van der Waals surface area (Å²) in [7, 11) is 0. The molecular formula is C19H17N5O5S2. The number of thiazole rings is 1. The molecule has 0 radical (unpaired) electrons. The van der Waals surface area contributed by atoms with Crippen LogP contribution >= 0.6 is 23.6 Å². The lowest BCUT2D eigenvalue weighted by Crippen LogP contribution is -2.34. The summed E-state index contributed by atoms with van der Waals surface area (Å²) < 4.78 is 0.972. The van der Waals surface area contributed by atoms with E-state index in [0.717, 1.165) is 47.7 Å². The standard InChI is InChI=1S/C19H17N5O5S2/c1-2-3-4-11-5-6-15-16(7-11)31-19(20-15)22-18(30)21-17(25)12-8-13(23(26)27)10-14(9-12)24(28)29/h5-10H,2-4H2,1H3,(H2,20,21,22,25,30). The normalized spacial score (nSPS) is 10.6. The number of aryl methyl sites for hydroxylation is 1. The minimum Gasteiger partial charge on any atom is -0.308 e. The third-order valence-electron chi connectivity index (χ3n) is 4.31. The lowest BCUT2D eigenvalue weighted by molar-refractivity contribution is -0.394. The van der Waals surface area contributed by atoms with Crippen molar-refractivity contribution in [3.8, 4) is 0 Å². The fourth-order valence-electron chi connectivity index (χ4n) is 2.80. The maximum atomic E-state index is 12.4. The van der Waals surface area contributed by atoms with E-state index in [1.807, 2.05) is 12.1 Å². The van der Waals surface area contributed by atoms with E-state index in [4.69, 9.17) is 12.2 Å². The van der Waals surface area contributed by atoms with Gasteiger partial charge in [-0.05, 0) is 42.8 Å². The van der Waals surface area contributed by atoms with Crippen LogP contribution in [-0.2, 0) is 6.42 Å². The average molecular weight is 460 g/mol. The number of non-ortho nitro benzene ring substituents is 2. The second-order valence-electron chi connectivity index (χ2n) is 6.59. The number of carbonyl (C=O) groups excluding carboxylic acids is 1. The number of nitrogens with one attached hydrogen (secondary N) is 2. The molecule has 0 aliphatic carbocycles. The van der Waals surface area contributed by atoms with Crippen molar-refractivity contribution in [2.45, 2.75) is 26.2 Å². The van der Waals surface area contributed by atoms with Crippen LogP contribution in [0.5, 0.6) is 0 Å². The van der Waals surface area contributed by atoms with E-state index in [1.54, 1.807) is 0 Å². The molecular weight excluding hydrogens is 442 g/mol. The maximum absolute atomic E-state index is 12.4. The van der Waals surface area contributed by atoms with Crippen molar-refractivity contribution in [1.82, 2.24) is 10.3 Å². The summed E-state index contributed by atoms with van der Waals surface area (Å²) in [5.74, 6) is -0.813. The Labute approximate surface area is 185 Å². The van der Waals surface area contributed by atoms with Gasteiger partial charge in [0.05, 0.1) is 31.7 Å². The zero-order valence-electron chi connectivity index (χ0n) is 16.3. The molecule has 0 fully saturated rings. The second kappa shape index (κ2) is 9.53. The summed E-state index contributed by atoms with van der Waals surface area (Å²) >= 11 is 6.49. The molecule has 1 heterocycles. The molecule has 2 aromatic carbocycles. The number of nitrogens with zero attached hydrogens (tertiary/aromatic N) is 3. The molecule has 0 atom stereocenters. The van der Waals surface area contributed by atoms with E-state index in [1.165, 1.54) is 16.9 Å². The lowest BCUT2D eigenvalue weighted by Gasteiger charge is -2.07. The first-order chi connectivity index (χ1) is 14.8. The van der Waals surface area contributed by atoms with Gasteiger partial charge in [0, 0.05) is 12.1 Å². The van der Waals surface area contributed by atoms with E-state index in [0.29, 0.717) is 5.13 Å². The predicted octanol–water partition coefficient (Wildman–Crippen LogP) is 4.58. The Morgan fingerprint density at radius 2 is 1.81 bits per heavy atom. The van der Waals surface area contributed by atoms with Crippen LogP contribution in [0.4, 0.5) is 16.5 Å². The molecule has 3 rings (SSSR count). The highest BCUT2D eigenvalue weighted by atomic mass is 32.1. The summed E-state index contributed by atoms with van der Waals surface area (Å²) in [6.07, 6.45) is 3.19. The van der Waals surface area contributed by atoms with Gasteiger partial charge in [0.1, 0.15) is 0 Å². The number of carbonyl (C=O) groups is 1. The number of hydrogen-bond donors (Lipinski definition) is 2. The number of rotatable bonds is 7. The van der Waals surface area contributed by atoms with E-state index >= 15 is 0 Å². The second-order valence-corrected chi connectivity index (χ2v) is 8.02. The first-order valence-corrected chi connectivity index (χ1v) is 10.4. The van der Waals surface area contributed by atoms with E-state index in [-0.39, 0.29) is 10.7 Å². The van der Waals surface area contributed by atoms with Crippen molar-refractivity contribution in [3.63, 3.8) is 0 Å². The minimum atomic E-state index is -0.813. The van der Waals surface area contributed by atoms with Crippen LogP contribution in [0.2, 0.25) is 0 Å². The highest BCUT2D eigenvalue weighted by Crippen LogP contribution is 2.27. The molecule has 0 saturated carbocycles. The van der Waals surface area contributed by atoms with Crippen molar-refractivity contribution in [1.29, 1.82) is 0 Å². The Kier molecular flexibility index (Phi) is 6.82. The van der Waals surface area contributed by atoms with E-state index < -0.39 is 27.1 Å². The fraction of sp³-hybridized carbons (Fsp3) is 0.211. The van der Waals surface area contributed by atoms with Gasteiger partial charge in [0.15, 0.2) is 10.2 Å². The van der Waals surface area contributed by atoms with Crippen molar-refractivity contribution in [3.05, 3.63) is 67.8 Å². The van der Waals surface area contributed by atoms with Crippen molar-refractivity contribution >= 4 is 61.3 Å². The molecule has 31 heavy (non-hydrogen) atoms. The van der Waals surface area contributed by atoms with Crippen LogP contribution in [0.15, 0.2) is 36.4 Å². The topological polar surface area (TPSA) is 140 Å². The number of nitro groups is 2. The van der Waals surface area contributed by atoms with Crippen molar-refractivity contribution in [2.75, 3.05) is 5.32 Å². The average Bonchev–Trinajstić information content (AvgIpc) is 3.12. The quantitative estimate of drug-likeness (QED) is 0.297. The Bertz CT molecular complexity index is 1160. The molecule has 160 valence electrons. The highest BCUT2D eigenvalue weighted by Gasteiger charge is 2.20. The molecule has 1 amide bonds. The van der Waals surface area contributed by atoms with Gasteiger partial charge in [0.25, 0.3) is 17.3 Å². The third-order valence-corrected chi connectivity index (χ3v) is 5.44. The summed E-state index contributed by atoms with van der Waals surface area (Å²) in [6, 6.07) is 8.69. The maximum Gasteiger partial charge on any atom is 0.277 e. The Morgan fingerprint density at radius 1 is 1.13 bits per heavy atom. The smallest absolute Gasteiger partial charge is 0.277 e. The minimum absolute atomic E-state index is 0.0792. The van der Waals surface area contributed by atoms with Crippen LogP contribution in [-0.4, -0.2) is 25.9 Å². The molecule has 0 aliphatic rings. The molecule has 1 aromatic heterocycles. The first kappa shape index (κ1) is 22.2. The Hall–Kier alpha value is -3.51. The number of benzene rings is 2. The fourth-order valence-corrected chi connectivity index (χ4v) is 3.99. The molecule has 0 aliphatic heterocycles. The first-order valence-electron chi connectivity index (χ1n) is 9.22. The van der Waals surface area contributed by atoms with Crippen molar-refractivity contribution in [2.24, 2.45) is 0 Å². The number of hydrogen-bond acceptors (Lipinski definition) is 8. The molecule has 0 bridgehead atoms. The van der Waals surface area contributed by atoms with Gasteiger partial charge in [-0.2, -0.15) is 0 Å². The number of thiocarbonyl (C=S) groups is 1. The summed E-state index contributed by atoms with van der Waals surface area (Å²) in [5.41, 5.74) is 0.616. The SMILES string of the molecule is CCCCc1ccc2nc(NC(=S)NC(=O)c3cc([N+](=O)[O-])cc([N+](=O)[O-])c3)sc2c1. The molecule has 10 nitrogen and oxygen atoms in total. The van der Waals surface area contributed by atoms with Crippen molar-refractivity contribution < 1.29 is 14.6 Å². The molecule has 3 aromatic rings. The molecule has 0 spiro atoms. The molecule has 0 saturated heterocycles. The zero-order chi connectivity index (χ0) is 22.5. The van der Waals surface area contributed by atoms with Gasteiger partial charge in [-0.25, -0.2) is 4.98 Å². The van der Waals surface area contributed by atoms with E-state index in [2.05, 4.69) is 28.6 Å². The molecule has 2 N–H and O–H groups in total.